The molecule has 13 nitrogen and oxygen atoms in total. The lowest BCUT2D eigenvalue weighted by Gasteiger charge is -2.24. The molecule has 2 fully saturated rings. The van der Waals surface area contributed by atoms with Gasteiger partial charge in [0.25, 0.3) is 11.1 Å². The Morgan fingerprint density at radius 1 is 0.758 bits per heavy atom. The number of hydrogen-bond donors (Lipinski definition) is 4. The van der Waals surface area contributed by atoms with Crippen molar-refractivity contribution < 1.29 is 24.5 Å². The lowest BCUT2D eigenvalue weighted by molar-refractivity contribution is 0.0677. The standard InChI is InChI=1S/C47H54N6O7.2ClH/c1-7-34-40(27-15-17-37-30(19-27)22-33(53(37)6)25-51(4)31-11-9-10-12-31)48-44(55)38(42(34)54)47(59)60-43-35(8-2)41(49-45(56)39(43)46(57)58)28-16-18-36-29(20-28)21-32(52(36)5)24-50(3)23-26-13-14-26;;/h15-22,26,31H,7-14,23-25H2,1-6H3,(H,49,56)(H,57,58)(H2,48,54,55);2*1H. The number of rotatable bonds is 14. The molecule has 4 N–H and O–H groups in total. The molecule has 2 saturated carbocycles. The zero-order valence-corrected chi connectivity index (χ0v) is 37.7. The maximum absolute atomic E-state index is 14.0. The molecule has 2 aromatic carbocycles. The molecule has 0 bridgehead atoms. The summed E-state index contributed by atoms with van der Waals surface area (Å²) in [5.41, 5.74) is 3.43. The number of aromatic amines is 2. The van der Waals surface area contributed by atoms with Gasteiger partial charge in [0.05, 0.1) is 11.4 Å². The SMILES string of the molecule is CCc1c(-c2ccc3c(c2)cc(CN(C)C2CCCC2)n3C)[nH]c(=O)c(C(=O)Oc2c(CC)c(-c3ccc4c(c3)cc(CN(C)CC3CC3)n4C)[nH]c(=O)c2C(=O)O)c1O.Cl.Cl. The normalized spacial score (nSPS) is 14.2. The van der Waals surface area contributed by atoms with Crippen LogP contribution in [0, 0.1) is 5.92 Å². The number of nitrogens with zero attached hydrogens (tertiary/aromatic N) is 4. The third-order valence-corrected chi connectivity index (χ3v) is 12.8. The van der Waals surface area contributed by atoms with E-state index >= 15 is 0 Å². The summed E-state index contributed by atoms with van der Waals surface area (Å²) in [6.45, 7) is 6.17. The van der Waals surface area contributed by atoms with Gasteiger partial charge in [-0.25, -0.2) is 9.59 Å². The number of hydrogen-bond acceptors (Lipinski definition) is 8. The highest BCUT2D eigenvalue weighted by atomic mass is 35.5. The summed E-state index contributed by atoms with van der Waals surface area (Å²) in [7, 11) is 8.35. The topological polar surface area (TPSA) is 166 Å². The maximum Gasteiger partial charge on any atom is 0.353 e. The highest BCUT2D eigenvalue weighted by molar-refractivity contribution is 5.99. The molecule has 4 heterocycles. The Balaban J connectivity index is 0.00000321. The third-order valence-electron chi connectivity index (χ3n) is 12.8. The van der Waals surface area contributed by atoms with E-state index in [1.54, 1.807) is 13.8 Å². The molecular weight excluding hydrogens is 831 g/mol. The van der Waals surface area contributed by atoms with Gasteiger partial charge in [-0.15, -0.1) is 24.8 Å². The Hall–Kier alpha value is -5.34. The van der Waals surface area contributed by atoms with Crippen LogP contribution in [0.3, 0.4) is 0 Å². The number of esters is 1. The summed E-state index contributed by atoms with van der Waals surface area (Å²) in [6, 6.07) is 16.3. The van der Waals surface area contributed by atoms with E-state index in [9.17, 15) is 29.4 Å². The van der Waals surface area contributed by atoms with Crippen LogP contribution in [0.2, 0.25) is 0 Å². The smallest absolute Gasteiger partial charge is 0.353 e. The summed E-state index contributed by atoms with van der Waals surface area (Å²) in [4.78, 5) is 64.2. The third kappa shape index (κ3) is 8.68. The van der Waals surface area contributed by atoms with E-state index in [-0.39, 0.29) is 43.2 Å². The maximum atomic E-state index is 14.0. The number of carboxylic acid groups (broad SMARTS) is 1. The molecule has 330 valence electrons. The molecule has 6 aromatic rings. The predicted molar refractivity (Wildman–Crippen MR) is 248 cm³/mol. The molecule has 0 spiro atoms. The first-order chi connectivity index (χ1) is 28.8. The fraction of sp³-hybridized carbons (Fsp3) is 0.404. The van der Waals surface area contributed by atoms with Crippen LogP contribution in [0.25, 0.3) is 44.3 Å². The molecule has 0 aliphatic heterocycles. The average molecular weight is 888 g/mol. The summed E-state index contributed by atoms with van der Waals surface area (Å²) in [5, 5.41) is 23.7. The number of aromatic hydroxyl groups is 1. The Labute approximate surface area is 372 Å². The van der Waals surface area contributed by atoms with Crippen molar-refractivity contribution >= 4 is 58.6 Å². The molecule has 2 aliphatic rings. The second kappa shape index (κ2) is 18.6. The minimum atomic E-state index is -1.61. The van der Waals surface area contributed by atoms with Crippen LogP contribution < -0.4 is 15.9 Å². The van der Waals surface area contributed by atoms with Crippen LogP contribution in [0.4, 0.5) is 0 Å². The number of H-pyrrole nitrogens is 2. The van der Waals surface area contributed by atoms with Gasteiger partial charge in [0.1, 0.15) is 5.75 Å². The van der Waals surface area contributed by atoms with E-state index in [4.69, 9.17) is 4.74 Å². The first-order valence-corrected chi connectivity index (χ1v) is 21.1. The van der Waals surface area contributed by atoms with Crippen LogP contribution in [-0.2, 0) is 40.0 Å². The molecule has 15 heteroatoms. The molecule has 0 radical (unpaired) electrons. The Bertz CT molecular complexity index is 2790. The Morgan fingerprint density at radius 3 is 1.79 bits per heavy atom. The number of carboxylic acids is 1. The lowest BCUT2D eigenvalue weighted by atomic mass is 9.99. The van der Waals surface area contributed by atoms with Crippen LogP contribution in [0.1, 0.15) is 95.6 Å². The van der Waals surface area contributed by atoms with Crippen molar-refractivity contribution in [3.8, 4) is 34.0 Å². The van der Waals surface area contributed by atoms with E-state index in [2.05, 4.69) is 55.1 Å². The zero-order valence-electron chi connectivity index (χ0n) is 36.1. The van der Waals surface area contributed by atoms with Crippen molar-refractivity contribution in [3.63, 3.8) is 0 Å². The van der Waals surface area contributed by atoms with Gasteiger partial charge in [-0.1, -0.05) is 38.8 Å². The van der Waals surface area contributed by atoms with Gasteiger partial charge >= 0.3 is 11.9 Å². The monoisotopic (exact) mass is 886 g/mol. The minimum Gasteiger partial charge on any atom is -0.506 e. The number of ether oxygens (including phenoxy) is 1. The molecular formula is C47H56Cl2N6O7. The second-order valence-electron chi connectivity index (χ2n) is 16.9. The van der Waals surface area contributed by atoms with Gasteiger partial charge in [0.15, 0.2) is 16.9 Å². The first-order valence-electron chi connectivity index (χ1n) is 21.1. The van der Waals surface area contributed by atoms with Crippen LogP contribution >= 0.6 is 24.8 Å². The van der Waals surface area contributed by atoms with Gasteiger partial charge in [-0.05, 0) is 106 Å². The fourth-order valence-electron chi connectivity index (χ4n) is 9.30. The molecule has 4 aromatic heterocycles. The number of fused-ring (bicyclic) bond motifs is 2. The number of carbonyl (C=O) groups excluding carboxylic acids is 1. The van der Waals surface area contributed by atoms with Gasteiger partial charge in [-0.3, -0.25) is 14.5 Å². The number of benzene rings is 2. The number of pyridine rings is 2. The molecule has 0 atom stereocenters. The van der Waals surface area contributed by atoms with E-state index in [0.29, 0.717) is 34.1 Å². The molecule has 0 unspecified atom stereocenters. The number of carbonyl (C=O) groups is 2. The number of nitrogens with one attached hydrogen (secondary N) is 2. The minimum absolute atomic E-state index is 0. The quantitative estimate of drug-likeness (QED) is 0.0790. The highest BCUT2D eigenvalue weighted by Crippen LogP contribution is 2.37. The van der Waals surface area contributed by atoms with Crippen molar-refractivity contribution in [2.75, 3.05) is 20.6 Å². The van der Waals surface area contributed by atoms with Crippen LogP contribution in [0.15, 0.2) is 58.1 Å². The van der Waals surface area contributed by atoms with Crippen molar-refractivity contribution in [1.82, 2.24) is 28.9 Å². The van der Waals surface area contributed by atoms with E-state index < -0.39 is 45.7 Å². The van der Waals surface area contributed by atoms with Gasteiger partial charge in [0, 0.05) is 84.1 Å². The fourth-order valence-corrected chi connectivity index (χ4v) is 9.30. The number of aryl methyl sites for hydroxylation is 2. The van der Waals surface area contributed by atoms with Gasteiger partial charge in [0.2, 0.25) is 0 Å². The van der Waals surface area contributed by atoms with Crippen molar-refractivity contribution in [2.24, 2.45) is 20.0 Å². The van der Waals surface area contributed by atoms with Crippen molar-refractivity contribution in [1.29, 1.82) is 0 Å². The van der Waals surface area contributed by atoms with Crippen LogP contribution in [0.5, 0.6) is 11.5 Å². The zero-order chi connectivity index (χ0) is 42.6. The lowest BCUT2D eigenvalue weighted by Crippen LogP contribution is -2.29. The molecule has 62 heavy (non-hydrogen) atoms. The van der Waals surface area contributed by atoms with E-state index in [1.165, 1.54) is 38.5 Å². The summed E-state index contributed by atoms with van der Waals surface area (Å²) >= 11 is 0. The van der Waals surface area contributed by atoms with E-state index in [1.807, 2.05) is 50.5 Å². The molecule has 0 amide bonds. The van der Waals surface area contributed by atoms with Crippen molar-refractivity contribution in [2.45, 2.75) is 84.3 Å². The van der Waals surface area contributed by atoms with Gasteiger partial charge < -0.3 is 39.0 Å². The summed E-state index contributed by atoms with van der Waals surface area (Å²) < 4.78 is 10.1. The molecule has 8 rings (SSSR count). The number of aromatic nitrogens is 4. The number of aromatic carboxylic acids is 1. The van der Waals surface area contributed by atoms with E-state index in [0.717, 1.165) is 58.7 Å². The van der Waals surface area contributed by atoms with Crippen LogP contribution in [-0.4, -0.2) is 77.7 Å². The summed E-state index contributed by atoms with van der Waals surface area (Å²) in [6.07, 6.45) is 7.90. The largest absolute Gasteiger partial charge is 0.506 e. The Kier molecular flexibility index (Phi) is 13.8. The highest BCUT2D eigenvalue weighted by Gasteiger charge is 2.31. The molecule has 0 saturated heterocycles. The summed E-state index contributed by atoms with van der Waals surface area (Å²) in [5.74, 6) is -3.17. The average Bonchev–Trinajstić information content (AvgIpc) is 3.58. The molecule has 2 aliphatic carbocycles. The second-order valence-corrected chi connectivity index (χ2v) is 16.9. The first kappa shape index (κ1) is 46.2. The van der Waals surface area contributed by atoms with Crippen molar-refractivity contribution in [3.05, 3.63) is 103 Å². The van der Waals surface area contributed by atoms with Gasteiger partial charge in [-0.2, -0.15) is 0 Å². The predicted octanol–water partition coefficient (Wildman–Crippen LogP) is 8.19. The number of halogens is 2. The Morgan fingerprint density at radius 2 is 1.27 bits per heavy atom.